The minimum atomic E-state index is -3.85. The molecule has 13 heteroatoms. The number of aryl methyl sites for hydroxylation is 1. The SMILES string of the molecule is COc1cccc(OC)c1-n1c(CS(=O)(=O)[C@@H](C)[C@H](OC)c2ncc(C)cn2)nnc1[C@@H]1COCCO1. The van der Waals surface area contributed by atoms with Crippen molar-refractivity contribution in [2.75, 3.05) is 41.2 Å². The zero-order valence-corrected chi connectivity index (χ0v) is 22.3. The summed E-state index contributed by atoms with van der Waals surface area (Å²) in [5.74, 6) is 1.29. The lowest BCUT2D eigenvalue weighted by Crippen LogP contribution is -2.30. The van der Waals surface area contributed by atoms with Crippen LogP contribution in [0.4, 0.5) is 0 Å². The molecule has 1 aliphatic rings. The van der Waals surface area contributed by atoms with Crippen LogP contribution in [0.3, 0.4) is 0 Å². The molecule has 3 heterocycles. The Hall–Kier alpha value is -3.13. The summed E-state index contributed by atoms with van der Waals surface area (Å²) in [4.78, 5) is 8.54. The minimum Gasteiger partial charge on any atom is -0.494 e. The molecule has 3 aromatic rings. The van der Waals surface area contributed by atoms with E-state index in [4.69, 9.17) is 23.7 Å². The van der Waals surface area contributed by atoms with Crippen molar-refractivity contribution in [3.63, 3.8) is 0 Å². The first-order valence-electron chi connectivity index (χ1n) is 11.7. The fourth-order valence-corrected chi connectivity index (χ4v) is 5.54. The summed E-state index contributed by atoms with van der Waals surface area (Å²) in [6.45, 7) is 4.49. The molecule has 2 aromatic heterocycles. The smallest absolute Gasteiger partial charge is 0.169 e. The normalized spacial score (nSPS) is 17.8. The Morgan fingerprint density at radius 3 is 2.32 bits per heavy atom. The summed E-state index contributed by atoms with van der Waals surface area (Å²) in [5, 5.41) is 7.61. The summed E-state index contributed by atoms with van der Waals surface area (Å²) in [5.41, 5.74) is 1.32. The number of hydrogen-bond donors (Lipinski definition) is 0. The van der Waals surface area contributed by atoms with Crippen LogP contribution in [0.15, 0.2) is 30.6 Å². The van der Waals surface area contributed by atoms with Crippen LogP contribution in [-0.4, -0.2) is 79.6 Å². The highest BCUT2D eigenvalue weighted by atomic mass is 32.2. The van der Waals surface area contributed by atoms with Gasteiger partial charge >= 0.3 is 0 Å². The molecular formula is C24H31N5O7S. The maximum absolute atomic E-state index is 13.7. The van der Waals surface area contributed by atoms with Gasteiger partial charge in [-0.05, 0) is 31.5 Å². The van der Waals surface area contributed by atoms with Gasteiger partial charge in [0.15, 0.2) is 27.3 Å². The predicted molar refractivity (Wildman–Crippen MR) is 133 cm³/mol. The van der Waals surface area contributed by atoms with Gasteiger partial charge in [-0.3, -0.25) is 4.57 Å². The lowest BCUT2D eigenvalue weighted by atomic mass is 10.2. The van der Waals surface area contributed by atoms with Gasteiger partial charge in [-0.15, -0.1) is 10.2 Å². The van der Waals surface area contributed by atoms with E-state index in [1.165, 1.54) is 21.3 Å². The van der Waals surface area contributed by atoms with E-state index in [2.05, 4.69) is 20.2 Å². The lowest BCUT2D eigenvalue weighted by molar-refractivity contribution is -0.0942. The number of rotatable bonds is 10. The molecule has 1 aromatic carbocycles. The first-order valence-corrected chi connectivity index (χ1v) is 13.4. The number of sulfone groups is 1. The number of para-hydroxylation sites is 1. The van der Waals surface area contributed by atoms with Crippen LogP contribution in [-0.2, 0) is 29.8 Å². The predicted octanol–water partition coefficient (Wildman–Crippen LogP) is 2.16. The molecule has 1 fully saturated rings. The second-order valence-electron chi connectivity index (χ2n) is 8.54. The van der Waals surface area contributed by atoms with Crippen LogP contribution in [0.5, 0.6) is 11.5 Å². The summed E-state index contributed by atoms with van der Waals surface area (Å²) in [6.07, 6.45) is 1.81. The number of benzene rings is 1. The van der Waals surface area contributed by atoms with Crippen LogP contribution >= 0.6 is 0 Å². The largest absolute Gasteiger partial charge is 0.494 e. The van der Waals surface area contributed by atoms with Crippen molar-refractivity contribution in [2.45, 2.75) is 37.1 Å². The van der Waals surface area contributed by atoms with E-state index in [1.54, 1.807) is 42.1 Å². The van der Waals surface area contributed by atoms with Crippen LogP contribution in [0.1, 0.15) is 42.2 Å². The molecule has 0 amide bonds. The first-order chi connectivity index (χ1) is 17.8. The number of methoxy groups -OCH3 is 3. The molecular weight excluding hydrogens is 502 g/mol. The van der Waals surface area contributed by atoms with Gasteiger partial charge < -0.3 is 23.7 Å². The van der Waals surface area contributed by atoms with Gasteiger partial charge in [0.25, 0.3) is 0 Å². The molecule has 0 N–H and O–H groups in total. The van der Waals surface area contributed by atoms with E-state index >= 15 is 0 Å². The van der Waals surface area contributed by atoms with E-state index in [1.807, 2.05) is 6.92 Å². The Kier molecular flexibility index (Phi) is 8.37. The second kappa shape index (κ2) is 11.5. The molecule has 0 bridgehead atoms. The number of hydrogen-bond acceptors (Lipinski definition) is 11. The van der Waals surface area contributed by atoms with Crippen molar-refractivity contribution < 1.29 is 32.1 Å². The molecule has 4 rings (SSSR count). The highest BCUT2D eigenvalue weighted by Gasteiger charge is 2.36. The van der Waals surface area contributed by atoms with Gasteiger partial charge in [0.1, 0.15) is 35.1 Å². The maximum atomic E-state index is 13.7. The van der Waals surface area contributed by atoms with Gasteiger partial charge in [0, 0.05) is 19.5 Å². The van der Waals surface area contributed by atoms with Crippen molar-refractivity contribution in [2.24, 2.45) is 0 Å². The molecule has 0 unspecified atom stereocenters. The third-order valence-electron chi connectivity index (χ3n) is 6.12. The average Bonchev–Trinajstić information content (AvgIpc) is 3.32. The maximum Gasteiger partial charge on any atom is 0.169 e. The Labute approximate surface area is 215 Å². The molecule has 37 heavy (non-hydrogen) atoms. The Morgan fingerprint density at radius 1 is 1.08 bits per heavy atom. The molecule has 0 radical (unpaired) electrons. The Morgan fingerprint density at radius 2 is 1.76 bits per heavy atom. The van der Waals surface area contributed by atoms with Crippen LogP contribution < -0.4 is 9.47 Å². The molecule has 3 atom stereocenters. The van der Waals surface area contributed by atoms with Crippen molar-refractivity contribution in [1.29, 1.82) is 0 Å². The fourth-order valence-electron chi connectivity index (χ4n) is 4.12. The molecule has 0 spiro atoms. The van der Waals surface area contributed by atoms with E-state index in [0.29, 0.717) is 36.2 Å². The standard InChI is InChI=1S/C24H31N5O7S/c1-15-11-25-23(26-12-15)22(34-5)16(2)37(30,31)14-20-27-28-24(19-13-35-9-10-36-19)29(20)21-17(32-3)7-6-8-18(21)33-4/h6-8,11-12,16,19,22H,9-10,13-14H2,1-5H3/t16-,19-,22-/m0/s1. The number of nitrogens with zero attached hydrogens (tertiary/aromatic N) is 5. The van der Waals surface area contributed by atoms with E-state index in [9.17, 15) is 8.42 Å². The molecule has 1 saturated heterocycles. The third-order valence-corrected chi connectivity index (χ3v) is 8.16. The van der Waals surface area contributed by atoms with Crippen molar-refractivity contribution >= 4 is 9.84 Å². The summed E-state index contributed by atoms with van der Waals surface area (Å²) in [6, 6.07) is 5.27. The van der Waals surface area contributed by atoms with Crippen LogP contribution in [0.25, 0.3) is 5.69 Å². The molecule has 200 valence electrons. The highest BCUT2D eigenvalue weighted by Crippen LogP contribution is 2.37. The quantitative estimate of drug-likeness (QED) is 0.379. The van der Waals surface area contributed by atoms with E-state index < -0.39 is 33.0 Å². The number of aromatic nitrogens is 5. The topological polar surface area (TPSA) is 137 Å². The molecule has 1 aliphatic heterocycles. The minimum absolute atomic E-state index is 0.165. The lowest BCUT2D eigenvalue weighted by Gasteiger charge is -2.25. The summed E-state index contributed by atoms with van der Waals surface area (Å²) in [7, 11) is 0.618. The molecule has 12 nitrogen and oxygen atoms in total. The van der Waals surface area contributed by atoms with Crippen molar-refractivity contribution in [1.82, 2.24) is 24.7 Å². The van der Waals surface area contributed by atoms with Gasteiger partial charge in [0.2, 0.25) is 0 Å². The zero-order valence-electron chi connectivity index (χ0n) is 21.4. The van der Waals surface area contributed by atoms with Crippen LogP contribution in [0, 0.1) is 6.92 Å². The summed E-state index contributed by atoms with van der Waals surface area (Å²) >= 11 is 0. The molecule has 0 aliphatic carbocycles. The second-order valence-corrected chi connectivity index (χ2v) is 10.9. The van der Waals surface area contributed by atoms with Gasteiger partial charge in [-0.2, -0.15) is 0 Å². The summed E-state index contributed by atoms with van der Waals surface area (Å²) < 4.78 is 57.1. The van der Waals surface area contributed by atoms with Crippen LogP contribution in [0.2, 0.25) is 0 Å². The van der Waals surface area contributed by atoms with E-state index in [0.717, 1.165) is 5.56 Å². The van der Waals surface area contributed by atoms with Gasteiger partial charge in [-0.25, -0.2) is 18.4 Å². The fraction of sp³-hybridized carbons (Fsp3) is 0.500. The molecule has 0 saturated carbocycles. The first kappa shape index (κ1) is 26.9. The Balaban J connectivity index is 1.78. The van der Waals surface area contributed by atoms with Gasteiger partial charge in [-0.1, -0.05) is 6.07 Å². The van der Waals surface area contributed by atoms with E-state index in [-0.39, 0.29) is 18.3 Å². The zero-order chi connectivity index (χ0) is 26.6. The van der Waals surface area contributed by atoms with Crippen molar-refractivity contribution in [3.8, 4) is 17.2 Å². The average molecular weight is 534 g/mol. The van der Waals surface area contributed by atoms with Crippen molar-refractivity contribution in [3.05, 3.63) is 53.6 Å². The monoisotopic (exact) mass is 533 g/mol. The number of ether oxygens (including phenoxy) is 5. The highest BCUT2D eigenvalue weighted by molar-refractivity contribution is 7.91. The third kappa shape index (κ3) is 5.59. The van der Waals surface area contributed by atoms with Gasteiger partial charge in [0.05, 0.1) is 39.3 Å². The Bertz CT molecular complexity index is 1290.